The Morgan fingerprint density at radius 3 is 1.81 bits per heavy atom. The second-order valence-corrected chi connectivity index (χ2v) is 9.52. The van der Waals surface area contributed by atoms with Gasteiger partial charge in [-0.05, 0) is 86.8 Å². The topological polar surface area (TPSA) is 9.23 Å². The molecule has 0 saturated heterocycles. The van der Waals surface area contributed by atoms with Gasteiger partial charge in [0.05, 0.1) is 0 Å². The van der Waals surface area contributed by atoms with Gasteiger partial charge in [-0.1, -0.05) is 50.7 Å². The fraction of sp³-hybridized carbons (Fsp3) is 0.692. The van der Waals surface area contributed by atoms with Crippen LogP contribution in [0, 0.1) is 29.4 Å². The molecule has 2 aliphatic carbocycles. The Labute approximate surface area is 184 Å². The van der Waals surface area contributed by atoms with E-state index in [2.05, 4.69) is 23.8 Å². The lowest BCUT2D eigenvalue weighted by Crippen LogP contribution is -2.18. The molecule has 2 fully saturated rings. The van der Waals surface area contributed by atoms with Crippen LogP contribution in [0.25, 0.3) is 0 Å². The lowest BCUT2D eigenvalue weighted by molar-refractivity contribution is -0.0546. The first kappa shape index (κ1) is 24.1. The van der Waals surface area contributed by atoms with E-state index in [4.69, 9.17) is 0 Å². The SMILES string of the molecule is CC=CCCC1CCC(CCC2CCC(c3cc(F)c(OC(F)F)c(F)c3)CC2)CC1. The highest BCUT2D eigenvalue weighted by atomic mass is 19.3. The summed E-state index contributed by atoms with van der Waals surface area (Å²) in [6, 6.07) is 2.33. The Bertz CT molecular complexity index is 678. The van der Waals surface area contributed by atoms with Crippen LogP contribution in [0.2, 0.25) is 0 Å². The van der Waals surface area contributed by atoms with E-state index in [0.29, 0.717) is 11.5 Å². The van der Waals surface area contributed by atoms with Crippen LogP contribution in [-0.4, -0.2) is 6.61 Å². The number of benzene rings is 1. The average molecular weight is 441 g/mol. The van der Waals surface area contributed by atoms with Crippen molar-refractivity contribution in [3.05, 3.63) is 41.5 Å². The second-order valence-electron chi connectivity index (χ2n) is 9.52. The Kier molecular flexibility index (Phi) is 9.28. The Morgan fingerprint density at radius 2 is 1.32 bits per heavy atom. The minimum Gasteiger partial charge on any atom is -0.429 e. The fourth-order valence-corrected chi connectivity index (χ4v) is 5.58. The van der Waals surface area contributed by atoms with Gasteiger partial charge in [-0.3, -0.25) is 0 Å². The minimum absolute atomic E-state index is 0.0912. The first-order chi connectivity index (χ1) is 15.0. The number of hydrogen-bond acceptors (Lipinski definition) is 1. The van der Waals surface area contributed by atoms with Crippen molar-refractivity contribution in [2.75, 3.05) is 0 Å². The maximum atomic E-state index is 14.0. The largest absolute Gasteiger partial charge is 0.429 e. The van der Waals surface area contributed by atoms with Gasteiger partial charge in [-0.2, -0.15) is 8.78 Å². The molecule has 0 aliphatic heterocycles. The first-order valence-electron chi connectivity index (χ1n) is 12.0. The predicted molar refractivity (Wildman–Crippen MR) is 116 cm³/mol. The summed E-state index contributed by atoms with van der Waals surface area (Å²) in [7, 11) is 0. The highest BCUT2D eigenvalue weighted by Gasteiger charge is 2.27. The maximum absolute atomic E-state index is 14.0. The van der Waals surface area contributed by atoms with Crippen LogP contribution in [0.4, 0.5) is 17.6 Å². The normalized spacial score (nSPS) is 27.2. The van der Waals surface area contributed by atoms with Gasteiger partial charge in [-0.25, -0.2) is 8.78 Å². The fourth-order valence-electron chi connectivity index (χ4n) is 5.58. The molecule has 0 unspecified atom stereocenters. The summed E-state index contributed by atoms with van der Waals surface area (Å²) in [6.45, 7) is -1.15. The molecule has 1 nitrogen and oxygen atoms in total. The van der Waals surface area contributed by atoms with Crippen LogP contribution in [0.15, 0.2) is 24.3 Å². The molecule has 0 aromatic heterocycles. The zero-order valence-corrected chi connectivity index (χ0v) is 18.6. The summed E-state index contributed by atoms with van der Waals surface area (Å²) in [5.74, 6) is -0.517. The summed E-state index contributed by atoms with van der Waals surface area (Å²) < 4.78 is 56.7. The summed E-state index contributed by atoms with van der Waals surface area (Å²) in [6.07, 6.45) is 18.9. The molecule has 0 bridgehead atoms. The number of hydrogen-bond donors (Lipinski definition) is 0. The van der Waals surface area contributed by atoms with E-state index in [-0.39, 0.29) is 5.92 Å². The molecule has 3 rings (SSSR count). The van der Waals surface area contributed by atoms with Gasteiger partial charge >= 0.3 is 6.61 Å². The molecular weight excluding hydrogens is 404 g/mol. The smallest absolute Gasteiger partial charge is 0.387 e. The lowest BCUT2D eigenvalue weighted by Gasteiger charge is -2.32. The zero-order chi connectivity index (χ0) is 22.2. The number of halogens is 4. The molecule has 5 heteroatoms. The van der Waals surface area contributed by atoms with Gasteiger partial charge < -0.3 is 4.74 Å². The Hall–Kier alpha value is -1.52. The van der Waals surface area contributed by atoms with E-state index in [9.17, 15) is 17.6 Å². The third-order valence-corrected chi connectivity index (χ3v) is 7.47. The third-order valence-electron chi connectivity index (χ3n) is 7.47. The molecule has 0 spiro atoms. The van der Waals surface area contributed by atoms with E-state index < -0.39 is 24.0 Å². The van der Waals surface area contributed by atoms with Crippen molar-refractivity contribution < 1.29 is 22.3 Å². The number of ether oxygens (including phenoxy) is 1. The molecule has 1 aromatic carbocycles. The van der Waals surface area contributed by atoms with Crippen LogP contribution in [-0.2, 0) is 0 Å². The van der Waals surface area contributed by atoms with Crippen LogP contribution >= 0.6 is 0 Å². The molecule has 1 aromatic rings. The number of rotatable bonds is 9. The number of allylic oxidation sites excluding steroid dienone is 2. The van der Waals surface area contributed by atoms with Gasteiger partial charge in [0, 0.05) is 0 Å². The summed E-state index contributed by atoms with van der Waals surface area (Å²) in [5, 5.41) is 0. The summed E-state index contributed by atoms with van der Waals surface area (Å²) in [5.41, 5.74) is 0.561. The van der Waals surface area contributed by atoms with E-state index >= 15 is 0 Å². The molecule has 31 heavy (non-hydrogen) atoms. The summed E-state index contributed by atoms with van der Waals surface area (Å²) in [4.78, 5) is 0. The molecule has 0 atom stereocenters. The highest BCUT2D eigenvalue weighted by Crippen LogP contribution is 2.41. The van der Waals surface area contributed by atoms with Crippen molar-refractivity contribution in [1.29, 1.82) is 0 Å². The molecule has 0 heterocycles. The maximum Gasteiger partial charge on any atom is 0.387 e. The second kappa shape index (κ2) is 11.9. The van der Waals surface area contributed by atoms with E-state index in [1.54, 1.807) is 0 Å². The molecule has 2 aliphatic rings. The van der Waals surface area contributed by atoms with Crippen molar-refractivity contribution in [3.63, 3.8) is 0 Å². The molecule has 0 amide bonds. The van der Waals surface area contributed by atoms with Crippen molar-refractivity contribution in [2.24, 2.45) is 17.8 Å². The van der Waals surface area contributed by atoms with Gasteiger partial charge in [0.15, 0.2) is 17.4 Å². The lowest BCUT2D eigenvalue weighted by atomic mass is 9.74. The molecule has 0 radical (unpaired) electrons. The number of alkyl halides is 2. The molecule has 174 valence electrons. The molecular formula is C26H36F4O. The predicted octanol–water partition coefficient (Wildman–Crippen LogP) is 8.78. The van der Waals surface area contributed by atoms with Crippen LogP contribution in [0.1, 0.15) is 95.5 Å². The van der Waals surface area contributed by atoms with Gasteiger partial charge in [0.25, 0.3) is 0 Å². The minimum atomic E-state index is -3.24. The van der Waals surface area contributed by atoms with Gasteiger partial charge in [-0.15, -0.1) is 0 Å². The van der Waals surface area contributed by atoms with Crippen LogP contribution < -0.4 is 4.74 Å². The van der Waals surface area contributed by atoms with E-state index in [0.717, 1.165) is 37.5 Å². The van der Waals surface area contributed by atoms with Crippen molar-refractivity contribution >= 4 is 0 Å². The highest BCUT2D eigenvalue weighted by molar-refractivity contribution is 5.33. The first-order valence-corrected chi connectivity index (χ1v) is 12.0. The summed E-state index contributed by atoms with van der Waals surface area (Å²) >= 11 is 0. The van der Waals surface area contributed by atoms with Gasteiger partial charge in [0.2, 0.25) is 0 Å². The van der Waals surface area contributed by atoms with Crippen LogP contribution in [0.5, 0.6) is 5.75 Å². The Balaban J connectivity index is 1.39. The average Bonchev–Trinajstić information content (AvgIpc) is 2.76. The monoisotopic (exact) mass is 440 g/mol. The van der Waals surface area contributed by atoms with Crippen molar-refractivity contribution in [1.82, 2.24) is 0 Å². The van der Waals surface area contributed by atoms with E-state index in [1.807, 2.05) is 0 Å². The Morgan fingerprint density at radius 1 is 0.839 bits per heavy atom. The molecule has 0 N–H and O–H groups in total. The third kappa shape index (κ3) is 7.25. The quantitative estimate of drug-likeness (QED) is 0.275. The standard InChI is InChI=1S/C26H36F4O/c1-2-3-4-5-18-6-8-19(9-7-18)10-11-20-12-14-21(15-13-20)22-16-23(27)25(24(28)17-22)31-26(29)30/h2-3,16-21,26H,4-15H2,1H3. The van der Waals surface area contributed by atoms with Gasteiger partial charge in [0.1, 0.15) is 0 Å². The van der Waals surface area contributed by atoms with Crippen molar-refractivity contribution in [2.45, 2.75) is 96.5 Å². The van der Waals surface area contributed by atoms with E-state index in [1.165, 1.54) is 63.5 Å². The van der Waals surface area contributed by atoms with Crippen molar-refractivity contribution in [3.8, 4) is 5.75 Å². The van der Waals surface area contributed by atoms with Crippen LogP contribution in [0.3, 0.4) is 0 Å². The zero-order valence-electron chi connectivity index (χ0n) is 18.6. The molecule has 2 saturated carbocycles.